The summed E-state index contributed by atoms with van der Waals surface area (Å²) >= 11 is 13.2. The molecule has 6 aromatic rings. The van der Waals surface area contributed by atoms with Crippen LogP contribution >= 0.6 is 23.2 Å². The second-order valence-corrected chi connectivity index (χ2v) is 13.8. The van der Waals surface area contributed by atoms with Gasteiger partial charge in [-0.3, -0.25) is 4.90 Å². The fourth-order valence-corrected chi connectivity index (χ4v) is 8.13. The van der Waals surface area contributed by atoms with Crippen molar-refractivity contribution >= 4 is 39.8 Å². The second kappa shape index (κ2) is 12.7. The molecule has 3 atom stereocenters. The quantitative estimate of drug-likeness (QED) is 0.141. The Bertz CT molecular complexity index is 2110. The van der Waals surface area contributed by atoms with Crippen molar-refractivity contribution in [1.82, 2.24) is 24.3 Å². The number of fused-ring (bicyclic) bond motifs is 2. The predicted molar refractivity (Wildman–Crippen MR) is 196 cm³/mol. The maximum Gasteiger partial charge on any atom is 0.166 e. The third kappa shape index (κ3) is 5.40. The van der Waals surface area contributed by atoms with Crippen LogP contribution in [0, 0.1) is 0 Å². The average molecular weight is 678 g/mol. The fraction of sp³-hybridized carbons (Fsp3) is 0.256. The monoisotopic (exact) mass is 676 g/mol. The van der Waals surface area contributed by atoms with Crippen LogP contribution < -0.4 is 10.6 Å². The van der Waals surface area contributed by atoms with Crippen molar-refractivity contribution in [3.8, 4) is 22.5 Å². The molecule has 3 unspecified atom stereocenters. The van der Waals surface area contributed by atoms with Crippen LogP contribution in [-0.2, 0) is 13.6 Å². The summed E-state index contributed by atoms with van der Waals surface area (Å²) in [6, 6.07) is 30.9. The lowest BCUT2D eigenvalue weighted by Gasteiger charge is -2.33. The van der Waals surface area contributed by atoms with Crippen LogP contribution in [0.3, 0.4) is 0 Å². The van der Waals surface area contributed by atoms with Crippen molar-refractivity contribution in [3.05, 3.63) is 130 Å². The van der Waals surface area contributed by atoms with Gasteiger partial charge in [-0.15, -0.1) is 0 Å². The van der Waals surface area contributed by atoms with Crippen molar-refractivity contribution in [1.29, 1.82) is 0 Å². The molecule has 8 rings (SSSR count). The number of halogens is 2. The van der Waals surface area contributed by atoms with Gasteiger partial charge in [-0.2, -0.15) is 0 Å². The Labute approximate surface area is 290 Å². The number of likely N-dealkylation sites (N-methyl/N-ethyl adjacent to an activating group) is 1. The molecule has 0 radical (unpaired) electrons. The molecule has 4 aromatic carbocycles. The lowest BCUT2D eigenvalue weighted by molar-refractivity contribution is 0.186. The predicted octanol–water partition coefficient (Wildman–Crippen LogP) is 8.25. The minimum Gasteiger partial charge on any atom is -0.368 e. The first kappa shape index (κ1) is 31.2. The number of aliphatic hydroxyl groups is 1. The summed E-state index contributed by atoms with van der Waals surface area (Å²) in [6.45, 7) is 2.88. The van der Waals surface area contributed by atoms with Gasteiger partial charge in [-0.05, 0) is 73.5 Å². The molecule has 0 spiro atoms. The van der Waals surface area contributed by atoms with Crippen molar-refractivity contribution in [2.45, 2.75) is 37.7 Å². The highest BCUT2D eigenvalue weighted by Gasteiger charge is 2.37. The van der Waals surface area contributed by atoms with Gasteiger partial charge < -0.3 is 24.9 Å². The smallest absolute Gasteiger partial charge is 0.166 e. The maximum atomic E-state index is 12.3. The molecule has 3 N–H and O–H groups in total. The fourth-order valence-electron chi connectivity index (χ4n) is 7.79. The number of nitrogens with zero attached hydrogens (tertiary/aromatic N) is 4. The normalized spacial score (nSPS) is 18.2. The Morgan fingerprint density at radius 2 is 1.73 bits per heavy atom. The van der Waals surface area contributed by atoms with E-state index in [1.165, 1.54) is 12.8 Å². The molecule has 0 bridgehead atoms. The summed E-state index contributed by atoms with van der Waals surface area (Å²) in [5, 5.41) is 21.6. The van der Waals surface area contributed by atoms with Gasteiger partial charge >= 0.3 is 0 Å². The first-order valence-corrected chi connectivity index (χ1v) is 17.3. The molecule has 1 saturated heterocycles. The Balaban J connectivity index is 1.29. The highest BCUT2D eigenvalue weighted by molar-refractivity contribution is 6.32. The number of rotatable bonds is 8. The SMILES string of the molecule is CNC1CCCN(Cc2ccccc2NC(O)c2c3c4c(cc(Cl)cc4n2C)C(c2ccc(Cl)cc2)n2cnc(-c4ccccc4)c2-3)C1. The number of para-hydroxylation sites is 1. The van der Waals surface area contributed by atoms with E-state index in [0.29, 0.717) is 16.1 Å². The van der Waals surface area contributed by atoms with Crippen molar-refractivity contribution < 1.29 is 5.11 Å². The van der Waals surface area contributed by atoms with Crippen LogP contribution in [0.2, 0.25) is 10.0 Å². The lowest BCUT2D eigenvalue weighted by atomic mass is 9.87. The van der Waals surface area contributed by atoms with Crippen LogP contribution in [-0.4, -0.2) is 50.3 Å². The van der Waals surface area contributed by atoms with E-state index in [1.807, 2.05) is 69.0 Å². The molecule has 0 saturated carbocycles. The number of piperidine rings is 1. The molecule has 9 heteroatoms. The number of hydrogen-bond donors (Lipinski definition) is 3. The maximum absolute atomic E-state index is 12.3. The molecule has 1 fully saturated rings. The van der Waals surface area contributed by atoms with E-state index in [-0.39, 0.29) is 6.04 Å². The topological polar surface area (TPSA) is 70.3 Å². The summed E-state index contributed by atoms with van der Waals surface area (Å²) in [5.74, 6) is 0. The molecule has 4 heterocycles. The van der Waals surface area contributed by atoms with E-state index in [1.54, 1.807) is 0 Å². The summed E-state index contributed by atoms with van der Waals surface area (Å²) in [7, 11) is 4.05. The van der Waals surface area contributed by atoms with Crippen molar-refractivity contribution in [3.63, 3.8) is 0 Å². The van der Waals surface area contributed by atoms with Crippen LogP contribution in [0.4, 0.5) is 5.69 Å². The number of imidazole rings is 1. The number of hydrogen-bond acceptors (Lipinski definition) is 5. The van der Waals surface area contributed by atoms with Gasteiger partial charge in [0.15, 0.2) is 6.23 Å². The number of aryl methyl sites for hydroxylation is 1. The van der Waals surface area contributed by atoms with Gasteiger partial charge in [0.25, 0.3) is 0 Å². The van der Waals surface area contributed by atoms with Gasteiger partial charge in [-0.1, -0.05) is 83.9 Å². The molecule has 0 aliphatic carbocycles. The van der Waals surface area contributed by atoms with E-state index >= 15 is 0 Å². The van der Waals surface area contributed by atoms with Gasteiger partial charge in [0.2, 0.25) is 0 Å². The molecule has 2 aliphatic rings. The zero-order valence-corrected chi connectivity index (χ0v) is 28.5. The lowest BCUT2D eigenvalue weighted by Crippen LogP contribution is -2.43. The minimum atomic E-state index is -1.02. The Morgan fingerprint density at radius 3 is 2.52 bits per heavy atom. The average Bonchev–Trinajstić information content (AvgIpc) is 3.66. The molecule has 0 amide bonds. The molecule has 2 aromatic heterocycles. The van der Waals surface area contributed by atoms with Crippen LogP contribution in [0.15, 0.2) is 97.3 Å². The molecule has 48 heavy (non-hydrogen) atoms. The van der Waals surface area contributed by atoms with Gasteiger partial charge in [0.05, 0.1) is 35.0 Å². The van der Waals surface area contributed by atoms with Crippen LogP contribution in [0.1, 0.15) is 47.5 Å². The molecular formula is C39H38Cl2N6O. The highest BCUT2D eigenvalue weighted by atomic mass is 35.5. The van der Waals surface area contributed by atoms with E-state index in [4.69, 9.17) is 28.2 Å². The van der Waals surface area contributed by atoms with Crippen molar-refractivity contribution in [2.24, 2.45) is 7.05 Å². The zero-order valence-electron chi connectivity index (χ0n) is 27.0. The zero-order chi connectivity index (χ0) is 32.9. The summed E-state index contributed by atoms with van der Waals surface area (Å²) in [4.78, 5) is 7.52. The standard InChI is InChI=1S/C39H38Cl2N6O/c1-42-29-12-8-18-46(22-29)21-26-11-6-7-13-31(26)44-39(48)38-34-33-30(19-28(41)20-32(33)45(38)2)36(25-14-16-27(40)17-15-25)47-23-43-35(37(34)47)24-9-4-3-5-10-24/h3-7,9-11,13-17,19-20,23,29,36,39,42,44,48H,8,12,18,21-22H2,1-2H3. The van der Waals surface area contributed by atoms with Gasteiger partial charge in [0.1, 0.15) is 0 Å². The van der Waals surface area contributed by atoms with Crippen LogP contribution in [0.5, 0.6) is 0 Å². The minimum absolute atomic E-state index is 0.192. The Kier molecular flexibility index (Phi) is 8.27. The Hall–Kier alpha value is -4.11. The number of likely N-dealkylation sites (tertiary alicyclic amines) is 1. The molecule has 7 nitrogen and oxygen atoms in total. The molecule has 244 valence electrons. The number of anilines is 1. The van der Waals surface area contributed by atoms with E-state index in [0.717, 1.165) is 81.1 Å². The number of aromatic nitrogens is 3. The second-order valence-electron chi connectivity index (χ2n) is 12.9. The molecule has 2 aliphatic heterocycles. The van der Waals surface area contributed by atoms with E-state index in [9.17, 15) is 5.11 Å². The van der Waals surface area contributed by atoms with Crippen LogP contribution in [0.25, 0.3) is 33.4 Å². The largest absolute Gasteiger partial charge is 0.368 e. The first-order valence-electron chi connectivity index (χ1n) is 16.5. The number of aliphatic hydroxyl groups excluding tert-OH is 1. The van der Waals surface area contributed by atoms with Gasteiger partial charge in [-0.25, -0.2) is 4.98 Å². The number of nitrogens with one attached hydrogen (secondary N) is 2. The third-order valence-electron chi connectivity index (χ3n) is 10.1. The highest BCUT2D eigenvalue weighted by Crippen LogP contribution is 2.51. The summed E-state index contributed by atoms with van der Waals surface area (Å²) in [5.41, 5.74) is 9.68. The molecular weight excluding hydrogens is 639 g/mol. The van der Waals surface area contributed by atoms with E-state index in [2.05, 4.69) is 67.1 Å². The van der Waals surface area contributed by atoms with Gasteiger partial charge in [0, 0.05) is 58.4 Å². The van der Waals surface area contributed by atoms with E-state index < -0.39 is 6.23 Å². The summed E-state index contributed by atoms with van der Waals surface area (Å²) < 4.78 is 4.30. The number of benzene rings is 4. The van der Waals surface area contributed by atoms with Crippen molar-refractivity contribution in [2.75, 3.05) is 25.5 Å². The third-order valence-corrected chi connectivity index (χ3v) is 10.5. The first-order chi connectivity index (χ1) is 23.4. The Morgan fingerprint density at radius 1 is 0.958 bits per heavy atom. The summed E-state index contributed by atoms with van der Waals surface area (Å²) in [6.07, 6.45) is 3.26.